The van der Waals surface area contributed by atoms with Gasteiger partial charge in [-0.2, -0.15) is 0 Å². The van der Waals surface area contributed by atoms with E-state index in [-0.39, 0.29) is 6.54 Å². The van der Waals surface area contributed by atoms with Crippen LogP contribution in [0, 0.1) is 0 Å². The normalized spacial score (nSPS) is 14.7. The summed E-state index contributed by atoms with van der Waals surface area (Å²) in [5.74, 6) is -0.306. The number of carboxylic acids is 1. The summed E-state index contributed by atoms with van der Waals surface area (Å²) in [6.07, 6.45) is 4.25. The first kappa shape index (κ1) is 12.7. The molecule has 0 radical (unpaired) electrons. The van der Waals surface area contributed by atoms with Crippen molar-refractivity contribution >= 4 is 5.97 Å². The van der Waals surface area contributed by atoms with E-state index in [2.05, 4.69) is 10.3 Å². The van der Waals surface area contributed by atoms with Gasteiger partial charge in [-0.05, 0) is 6.92 Å². The van der Waals surface area contributed by atoms with Gasteiger partial charge < -0.3 is 20.1 Å². The fraction of sp³-hybridized carbons (Fsp3) is 0.600. The molecule has 1 aromatic rings. The van der Waals surface area contributed by atoms with Crippen LogP contribution in [-0.2, 0) is 18.3 Å². The molecule has 1 unspecified atom stereocenters. The molecule has 0 fully saturated rings. The summed E-state index contributed by atoms with van der Waals surface area (Å²) in [6.45, 7) is 1.87. The predicted molar refractivity (Wildman–Crippen MR) is 58.0 cm³/mol. The van der Waals surface area contributed by atoms with Crippen LogP contribution >= 0.6 is 0 Å². The van der Waals surface area contributed by atoms with E-state index in [1.54, 1.807) is 6.20 Å². The lowest BCUT2D eigenvalue weighted by atomic mass is 10.1. The van der Waals surface area contributed by atoms with Gasteiger partial charge in [0.15, 0.2) is 5.60 Å². The molecule has 0 saturated carbocycles. The van der Waals surface area contributed by atoms with Crippen LogP contribution < -0.4 is 5.32 Å². The number of aliphatic carboxylic acids is 1. The van der Waals surface area contributed by atoms with Crippen LogP contribution in [0.25, 0.3) is 0 Å². The van der Waals surface area contributed by atoms with E-state index >= 15 is 0 Å². The molecule has 1 rings (SSSR count). The number of rotatable bonds is 6. The fourth-order valence-electron chi connectivity index (χ4n) is 1.24. The lowest BCUT2D eigenvalue weighted by Gasteiger charge is -2.18. The molecule has 0 aromatic carbocycles. The van der Waals surface area contributed by atoms with Gasteiger partial charge in [0.2, 0.25) is 0 Å². The molecule has 6 heteroatoms. The number of imidazole rings is 1. The van der Waals surface area contributed by atoms with Crippen molar-refractivity contribution in [1.82, 2.24) is 14.9 Å². The highest BCUT2D eigenvalue weighted by atomic mass is 16.4. The van der Waals surface area contributed by atoms with Crippen molar-refractivity contribution in [3.05, 3.63) is 18.2 Å². The number of carboxylic acid groups (broad SMARTS) is 1. The zero-order chi connectivity index (χ0) is 12.2. The first-order valence-electron chi connectivity index (χ1n) is 5.06. The lowest BCUT2D eigenvalue weighted by Crippen LogP contribution is -2.45. The largest absolute Gasteiger partial charge is 0.479 e. The van der Waals surface area contributed by atoms with Crippen molar-refractivity contribution in [3.8, 4) is 0 Å². The van der Waals surface area contributed by atoms with Crippen molar-refractivity contribution < 1.29 is 15.0 Å². The second kappa shape index (κ2) is 5.09. The van der Waals surface area contributed by atoms with Crippen LogP contribution in [-0.4, -0.2) is 44.4 Å². The number of nitrogens with one attached hydrogen (secondary N) is 1. The molecular formula is C10H17N3O3. The number of hydrogen-bond acceptors (Lipinski definition) is 4. The van der Waals surface area contributed by atoms with Gasteiger partial charge in [0.1, 0.15) is 5.82 Å². The Morgan fingerprint density at radius 1 is 1.69 bits per heavy atom. The van der Waals surface area contributed by atoms with E-state index in [0.717, 1.165) is 5.82 Å². The molecule has 1 atom stereocenters. The Labute approximate surface area is 93.9 Å². The Morgan fingerprint density at radius 2 is 2.38 bits per heavy atom. The number of hydrogen-bond donors (Lipinski definition) is 3. The molecule has 0 spiro atoms. The maximum atomic E-state index is 10.6. The molecule has 1 heterocycles. The minimum atomic E-state index is -1.72. The van der Waals surface area contributed by atoms with Crippen LogP contribution in [0.1, 0.15) is 12.7 Å². The number of aryl methyl sites for hydroxylation is 1. The van der Waals surface area contributed by atoms with Crippen molar-refractivity contribution in [1.29, 1.82) is 0 Å². The van der Waals surface area contributed by atoms with E-state index in [1.807, 2.05) is 17.8 Å². The number of nitrogens with zero attached hydrogens (tertiary/aromatic N) is 2. The molecule has 0 aliphatic carbocycles. The monoisotopic (exact) mass is 227 g/mol. The van der Waals surface area contributed by atoms with E-state index in [1.165, 1.54) is 6.92 Å². The third kappa shape index (κ3) is 3.32. The summed E-state index contributed by atoms with van der Waals surface area (Å²) in [5, 5.41) is 21.0. The number of carbonyl (C=O) groups is 1. The van der Waals surface area contributed by atoms with Crippen LogP contribution in [0.15, 0.2) is 12.4 Å². The Balaban J connectivity index is 2.27. The van der Waals surface area contributed by atoms with Crippen LogP contribution in [0.2, 0.25) is 0 Å². The highest BCUT2D eigenvalue weighted by Crippen LogP contribution is 2.01. The molecule has 1 aromatic heterocycles. The van der Waals surface area contributed by atoms with Gasteiger partial charge in [0.25, 0.3) is 0 Å². The first-order chi connectivity index (χ1) is 7.43. The van der Waals surface area contributed by atoms with Gasteiger partial charge in [-0.25, -0.2) is 9.78 Å². The molecular weight excluding hydrogens is 210 g/mol. The predicted octanol–water partition coefficient (Wildman–Crippen LogP) is -0.612. The third-order valence-corrected chi connectivity index (χ3v) is 2.38. The Hall–Kier alpha value is -1.40. The molecule has 90 valence electrons. The van der Waals surface area contributed by atoms with Gasteiger partial charge in [-0.3, -0.25) is 0 Å². The third-order valence-electron chi connectivity index (χ3n) is 2.38. The molecule has 0 aliphatic rings. The summed E-state index contributed by atoms with van der Waals surface area (Å²) in [4.78, 5) is 14.7. The lowest BCUT2D eigenvalue weighted by molar-refractivity contribution is -0.156. The minimum Gasteiger partial charge on any atom is -0.479 e. The van der Waals surface area contributed by atoms with Gasteiger partial charge in [-0.15, -0.1) is 0 Å². The number of aromatic nitrogens is 2. The molecule has 0 amide bonds. The zero-order valence-corrected chi connectivity index (χ0v) is 9.47. The van der Waals surface area contributed by atoms with Gasteiger partial charge in [0.05, 0.1) is 0 Å². The molecule has 6 nitrogen and oxygen atoms in total. The number of aliphatic hydroxyl groups is 1. The maximum absolute atomic E-state index is 10.6. The van der Waals surface area contributed by atoms with E-state index in [4.69, 9.17) is 5.11 Å². The summed E-state index contributed by atoms with van der Waals surface area (Å²) < 4.78 is 1.90. The Kier molecular flexibility index (Phi) is 4.03. The van der Waals surface area contributed by atoms with Crippen molar-refractivity contribution in [2.24, 2.45) is 7.05 Å². The highest BCUT2D eigenvalue weighted by molar-refractivity contribution is 5.76. The SMILES string of the molecule is Cn1ccnc1CCNCC(C)(O)C(=O)O. The highest BCUT2D eigenvalue weighted by Gasteiger charge is 2.28. The second-order valence-corrected chi connectivity index (χ2v) is 3.96. The molecule has 0 aliphatic heterocycles. The Morgan fingerprint density at radius 3 is 2.88 bits per heavy atom. The summed E-state index contributed by atoms with van der Waals surface area (Å²) >= 11 is 0. The quantitative estimate of drug-likeness (QED) is 0.564. The van der Waals surface area contributed by atoms with E-state index < -0.39 is 11.6 Å². The second-order valence-electron chi connectivity index (χ2n) is 3.96. The summed E-state index contributed by atoms with van der Waals surface area (Å²) in [5.41, 5.74) is -1.72. The van der Waals surface area contributed by atoms with E-state index in [0.29, 0.717) is 13.0 Å². The van der Waals surface area contributed by atoms with Crippen LogP contribution in [0.5, 0.6) is 0 Å². The minimum absolute atomic E-state index is 0.0206. The fourth-order valence-corrected chi connectivity index (χ4v) is 1.24. The smallest absolute Gasteiger partial charge is 0.336 e. The van der Waals surface area contributed by atoms with Gasteiger partial charge >= 0.3 is 5.97 Å². The zero-order valence-electron chi connectivity index (χ0n) is 9.47. The molecule has 0 bridgehead atoms. The standard InChI is InChI=1S/C10H17N3O3/c1-10(16,9(14)15)7-11-4-3-8-12-5-6-13(8)2/h5-6,11,16H,3-4,7H2,1-2H3,(H,14,15). The van der Waals surface area contributed by atoms with Gasteiger partial charge in [0, 0.05) is 39.0 Å². The maximum Gasteiger partial charge on any atom is 0.336 e. The Bertz CT molecular complexity index is 360. The van der Waals surface area contributed by atoms with Crippen molar-refractivity contribution in [2.75, 3.05) is 13.1 Å². The molecule has 16 heavy (non-hydrogen) atoms. The topological polar surface area (TPSA) is 87.4 Å². The van der Waals surface area contributed by atoms with Crippen LogP contribution in [0.3, 0.4) is 0 Å². The first-order valence-corrected chi connectivity index (χ1v) is 5.06. The average molecular weight is 227 g/mol. The van der Waals surface area contributed by atoms with Crippen molar-refractivity contribution in [2.45, 2.75) is 18.9 Å². The summed E-state index contributed by atoms with van der Waals surface area (Å²) in [7, 11) is 1.90. The molecule has 3 N–H and O–H groups in total. The summed E-state index contributed by atoms with van der Waals surface area (Å²) in [6, 6.07) is 0. The van der Waals surface area contributed by atoms with E-state index in [9.17, 15) is 9.90 Å². The van der Waals surface area contributed by atoms with Gasteiger partial charge in [-0.1, -0.05) is 0 Å². The molecule has 0 saturated heterocycles. The average Bonchev–Trinajstić information content (AvgIpc) is 2.59. The van der Waals surface area contributed by atoms with Crippen molar-refractivity contribution in [3.63, 3.8) is 0 Å². The van der Waals surface area contributed by atoms with Crippen LogP contribution in [0.4, 0.5) is 0 Å².